The molecule has 0 radical (unpaired) electrons. The molecule has 170 valence electrons. The molecule has 3 aromatic carbocycles. The number of allylic oxidation sites excluding steroid dienone is 1. The van der Waals surface area contributed by atoms with E-state index in [0.717, 1.165) is 41.9 Å². The summed E-state index contributed by atoms with van der Waals surface area (Å²) in [7, 11) is 0. The Morgan fingerprint density at radius 1 is 0.848 bits per heavy atom. The van der Waals surface area contributed by atoms with Crippen LogP contribution in [0, 0.1) is 5.92 Å². The molecule has 5 nitrogen and oxygen atoms in total. The smallest absolute Gasteiger partial charge is 0.335 e. The molecule has 0 heterocycles. The molecule has 0 amide bonds. The van der Waals surface area contributed by atoms with Crippen LogP contribution in [0.3, 0.4) is 0 Å². The quantitative estimate of drug-likeness (QED) is 0.304. The maximum atomic E-state index is 11.1. The summed E-state index contributed by atoms with van der Waals surface area (Å²) in [6.45, 7) is 0. The maximum Gasteiger partial charge on any atom is 0.335 e. The Kier molecular flexibility index (Phi) is 8.83. The van der Waals surface area contributed by atoms with Crippen molar-refractivity contribution in [2.75, 3.05) is 0 Å². The Bertz CT molecular complexity index is 1070. The molecular weight excluding hydrogens is 416 g/mol. The number of hydrogen-bond donors (Lipinski definition) is 2. The predicted molar refractivity (Wildman–Crippen MR) is 129 cm³/mol. The van der Waals surface area contributed by atoms with Crippen LogP contribution in [0.4, 0.5) is 0 Å². The zero-order chi connectivity index (χ0) is 23.5. The van der Waals surface area contributed by atoms with Gasteiger partial charge in [0.15, 0.2) is 0 Å². The van der Waals surface area contributed by atoms with Crippen molar-refractivity contribution in [1.29, 1.82) is 0 Å². The molecule has 0 bridgehead atoms. The molecule has 33 heavy (non-hydrogen) atoms. The number of aromatic carboxylic acids is 1. The van der Waals surface area contributed by atoms with Gasteiger partial charge in [-0.25, -0.2) is 4.79 Å². The number of aliphatic carboxylic acids is 1. The fourth-order valence-corrected chi connectivity index (χ4v) is 3.60. The predicted octanol–water partition coefficient (Wildman–Crippen LogP) is 6.69. The van der Waals surface area contributed by atoms with Gasteiger partial charge in [0.25, 0.3) is 0 Å². The molecule has 0 aliphatic heterocycles. The fourth-order valence-electron chi connectivity index (χ4n) is 3.60. The van der Waals surface area contributed by atoms with Gasteiger partial charge in [0.05, 0.1) is 5.56 Å². The van der Waals surface area contributed by atoms with Crippen LogP contribution >= 0.6 is 0 Å². The second-order valence-electron chi connectivity index (χ2n) is 7.92. The van der Waals surface area contributed by atoms with Gasteiger partial charge in [-0.1, -0.05) is 67.1 Å². The first-order valence-corrected chi connectivity index (χ1v) is 11.1. The standard InChI is InChI=1S/C28H28O5/c29-27(30)13-7-4-8-21(20-22-15-18-24(19-16-22)28(31)32)14-17-23-9-5-6-12-26(23)33-25-10-2-1-3-11-25/h1-3,5-6,9-12,14-19,21H,4,7-8,13,20H2,(H,29,30)(H,31,32). The van der Waals surface area contributed by atoms with Gasteiger partial charge in [0, 0.05) is 12.0 Å². The lowest BCUT2D eigenvalue weighted by atomic mass is 9.92. The maximum absolute atomic E-state index is 11.1. The van der Waals surface area contributed by atoms with Gasteiger partial charge in [-0.2, -0.15) is 0 Å². The van der Waals surface area contributed by atoms with E-state index in [-0.39, 0.29) is 17.9 Å². The van der Waals surface area contributed by atoms with Crippen LogP contribution in [0.15, 0.2) is 84.9 Å². The molecule has 0 saturated heterocycles. The number of benzene rings is 3. The number of unbranched alkanes of at least 4 members (excludes halogenated alkanes) is 1. The first-order valence-electron chi connectivity index (χ1n) is 11.1. The highest BCUT2D eigenvalue weighted by molar-refractivity contribution is 5.87. The minimum atomic E-state index is -0.943. The summed E-state index contributed by atoms with van der Waals surface area (Å²) in [6.07, 6.45) is 7.36. The molecule has 1 unspecified atom stereocenters. The Morgan fingerprint density at radius 3 is 2.24 bits per heavy atom. The summed E-state index contributed by atoms with van der Waals surface area (Å²) in [4.78, 5) is 22.0. The molecule has 0 saturated carbocycles. The molecule has 3 aromatic rings. The SMILES string of the molecule is O=C(O)CCCCC(C=Cc1ccccc1Oc1ccccc1)Cc1ccc(C(=O)O)cc1. The number of carbonyl (C=O) groups is 2. The van der Waals surface area contributed by atoms with Gasteiger partial charge in [-0.05, 0) is 61.1 Å². The van der Waals surface area contributed by atoms with Crippen molar-refractivity contribution in [2.24, 2.45) is 5.92 Å². The Balaban J connectivity index is 1.74. The number of para-hydroxylation sites is 2. The monoisotopic (exact) mass is 444 g/mol. The van der Waals surface area contributed by atoms with Gasteiger partial charge in [0.2, 0.25) is 0 Å². The minimum absolute atomic E-state index is 0.164. The van der Waals surface area contributed by atoms with Gasteiger partial charge >= 0.3 is 11.9 Å². The highest BCUT2D eigenvalue weighted by Gasteiger charge is 2.10. The molecular formula is C28H28O5. The summed E-state index contributed by atoms with van der Waals surface area (Å²) < 4.78 is 6.05. The van der Waals surface area contributed by atoms with E-state index >= 15 is 0 Å². The fraction of sp³-hybridized carbons (Fsp3) is 0.214. The van der Waals surface area contributed by atoms with Crippen molar-refractivity contribution >= 4 is 18.0 Å². The van der Waals surface area contributed by atoms with E-state index in [9.17, 15) is 9.59 Å². The van der Waals surface area contributed by atoms with E-state index < -0.39 is 11.9 Å². The zero-order valence-electron chi connectivity index (χ0n) is 18.4. The molecule has 0 spiro atoms. The lowest BCUT2D eigenvalue weighted by molar-refractivity contribution is -0.137. The first kappa shape index (κ1) is 23.8. The van der Waals surface area contributed by atoms with Crippen molar-refractivity contribution < 1.29 is 24.5 Å². The number of rotatable bonds is 12. The van der Waals surface area contributed by atoms with Crippen LogP contribution in [-0.4, -0.2) is 22.2 Å². The third-order valence-electron chi connectivity index (χ3n) is 5.35. The third-order valence-corrected chi connectivity index (χ3v) is 5.35. The molecule has 0 aromatic heterocycles. The average Bonchev–Trinajstić information content (AvgIpc) is 2.82. The number of hydrogen-bond acceptors (Lipinski definition) is 3. The summed E-state index contributed by atoms with van der Waals surface area (Å²) in [5.41, 5.74) is 2.26. The molecule has 1 atom stereocenters. The highest BCUT2D eigenvalue weighted by Crippen LogP contribution is 2.27. The summed E-state index contributed by atoms with van der Waals surface area (Å²) in [5.74, 6) is -0.0169. The largest absolute Gasteiger partial charge is 0.481 e. The zero-order valence-corrected chi connectivity index (χ0v) is 18.4. The van der Waals surface area contributed by atoms with Gasteiger partial charge in [-0.15, -0.1) is 0 Å². The van der Waals surface area contributed by atoms with Crippen LogP contribution in [0.25, 0.3) is 6.08 Å². The summed E-state index contributed by atoms with van der Waals surface area (Å²) in [6, 6.07) is 24.4. The topological polar surface area (TPSA) is 83.8 Å². The van der Waals surface area contributed by atoms with E-state index in [1.807, 2.05) is 72.8 Å². The first-order chi connectivity index (χ1) is 16.0. The third kappa shape index (κ3) is 7.96. The number of ether oxygens (including phenoxy) is 1. The average molecular weight is 445 g/mol. The van der Waals surface area contributed by atoms with Crippen molar-refractivity contribution in [3.8, 4) is 11.5 Å². The Labute approximate surface area is 194 Å². The highest BCUT2D eigenvalue weighted by atomic mass is 16.5. The number of carboxylic acids is 2. The van der Waals surface area contributed by atoms with Crippen molar-refractivity contribution in [3.63, 3.8) is 0 Å². The van der Waals surface area contributed by atoms with Crippen molar-refractivity contribution in [3.05, 3.63) is 102 Å². The van der Waals surface area contributed by atoms with Crippen molar-refractivity contribution in [1.82, 2.24) is 0 Å². The van der Waals surface area contributed by atoms with E-state index in [2.05, 4.69) is 6.08 Å². The Morgan fingerprint density at radius 2 is 1.55 bits per heavy atom. The van der Waals surface area contributed by atoms with Gasteiger partial charge in [-0.3, -0.25) is 4.79 Å². The lowest BCUT2D eigenvalue weighted by Crippen LogP contribution is -2.04. The molecule has 3 rings (SSSR count). The molecule has 0 aliphatic rings. The summed E-state index contributed by atoms with van der Waals surface area (Å²) >= 11 is 0. The lowest BCUT2D eigenvalue weighted by Gasteiger charge is -2.14. The molecule has 0 aliphatic carbocycles. The van der Waals surface area contributed by atoms with E-state index in [4.69, 9.17) is 14.9 Å². The molecule has 2 N–H and O–H groups in total. The van der Waals surface area contributed by atoms with Gasteiger partial charge in [0.1, 0.15) is 11.5 Å². The van der Waals surface area contributed by atoms with Crippen molar-refractivity contribution in [2.45, 2.75) is 32.1 Å². The molecule has 5 heteroatoms. The van der Waals surface area contributed by atoms with Crippen LogP contribution in [-0.2, 0) is 11.2 Å². The van der Waals surface area contributed by atoms with E-state index in [1.54, 1.807) is 12.1 Å². The normalized spacial score (nSPS) is 11.9. The van der Waals surface area contributed by atoms with Crippen LogP contribution in [0.5, 0.6) is 11.5 Å². The summed E-state index contributed by atoms with van der Waals surface area (Å²) in [5, 5.41) is 18.0. The van der Waals surface area contributed by atoms with Crippen LogP contribution in [0.2, 0.25) is 0 Å². The molecule has 0 fully saturated rings. The Hall–Kier alpha value is -3.86. The van der Waals surface area contributed by atoms with Gasteiger partial charge < -0.3 is 14.9 Å². The number of carboxylic acid groups (broad SMARTS) is 2. The van der Waals surface area contributed by atoms with E-state index in [1.165, 1.54) is 0 Å². The van der Waals surface area contributed by atoms with Crippen LogP contribution in [0.1, 0.15) is 47.2 Å². The second kappa shape index (κ2) is 12.2. The van der Waals surface area contributed by atoms with E-state index in [0.29, 0.717) is 6.42 Å². The van der Waals surface area contributed by atoms with Crippen LogP contribution < -0.4 is 4.74 Å². The minimum Gasteiger partial charge on any atom is -0.481 e. The second-order valence-corrected chi connectivity index (χ2v) is 7.92.